The number of carbonyl (C=O) groups excluding carboxylic acids is 1. The number of carboxylic acid groups (broad SMARTS) is 1. The Morgan fingerprint density at radius 2 is 2.06 bits per heavy atom. The number of aromatic hydroxyl groups is 1. The van der Waals surface area contributed by atoms with E-state index < -0.39 is 11.7 Å². The first-order chi connectivity index (χ1) is 7.45. The third-order valence-corrected chi connectivity index (χ3v) is 1.84. The van der Waals surface area contributed by atoms with E-state index in [0.717, 1.165) is 0 Å². The lowest BCUT2D eigenvalue weighted by Crippen LogP contribution is -2.07. The fourth-order valence-corrected chi connectivity index (χ4v) is 1.22. The van der Waals surface area contributed by atoms with Crippen LogP contribution in [0.25, 0.3) is 0 Å². The standard InChI is InChI=1S/C11H12O5/c1-6(2)16-8-3-7(5-12)10(13)9(4-8)11(14)15/h3-6,13H,1-2H3,(H,14,15). The van der Waals surface area contributed by atoms with Crippen LogP contribution >= 0.6 is 0 Å². The molecule has 1 aromatic carbocycles. The second-order valence-corrected chi connectivity index (χ2v) is 3.50. The largest absolute Gasteiger partial charge is 0.506 e. The third kappa shape index (κ3) is 2.50. The number of hydrogen-bond donors (Lipinski definition) is 2. The van der Waals surface area contributed by atoms with Crippen molar-refractivity contribution in [1.29, 1.82) is 0 Å². The van der Waals surface area contributed by atoms with E-state index in [2.05, 4.69) is 0 Å². The molecule has 16 heavy (non-hydrogen) atoms. The summed E-state index contributed by atoms with van der Waals surface area (Å²) in [5.74, 6) is -1.61. The molecule has 1 aromatic rings. The molecule has 86 valence electrons. The molecule has 0 spiro atoms. The Morgan fingerprint density at radius 3 is 2.50 bits per heavy atom. The van der Waals surface area contributed by atoms with E-state index in [1.807, 2.05) is 0 Å². The van der Waals surface area contributed by atoms with Crippen molar-refractivity contribution in [3.63, 3.8) is 0 Å². The summed E-state index contributed by atoms with van der Waals surface area (Å²) >= 11 is 0. The number of phenols is 1. The Hall–Kier alpha value is -2.04. The van der Waals surface area contributed by atoms with Gasteiger partial charge in [-0.25, -0.2) is 4.79 Å². The topological polar surface area (TPSA) is 83.8 Å². The minimum Gasteiger partial charge on any atom is -0.506 e. The van der Waals surface area contributed by atoms with Gasteiger partial charge < -0.3 is 14.9 Å². The van der Waals surface area contributed by atoms with Gasteiger partial charge in [0.2, 0.25) is 0 Å². The zero-order chi connectivity index (χ0) is 12.3. The van der Waals surface area contributed by atoms with E-state index in [1.54, 1.807) is 13.8 Å². The number of rotatable bonds is 4. The monoisotopic (exact) mass is 224 g/mol. The molecule has 1 rings (SSSR count). The average molecular weight is 224 g/mol. The molecule has 0 amide bonds. The van der Waals surface area contributed by atoms with Gasteiger partial charge in [0, 0.05) is 0 Å². The summed E-state index contributed by atoms with van der Waals surface area (Å²) in [4.78, 5) is 21.4. The van der Waals surface area contributed by atoms with Crippen molar-refractivity contribution in [3.05, 3.63) is 23.3 Å². The van der Waals surface area contributed by atoms with Crippen molar-refractivity contribution in [3.8, 4) is 11.5 Å². The number of carbonyl (C=O) groups is 2. The number of benzene rings is 1. The highest BCUT2D eigenvalue weighted by atomic mass is 16.5. The SMILES string of the molecule is CC(C)Oc1cc(C=O)c(O)c(C(=O)O)c1. The molecular formula is C11H12O5. The number of aromatic carboxylic acids is 1. The first-order valence-corrected chi connectivity index (χ1v) is 4.67. The number of hydrogen-bond acceptors (Lipinski definition) is 4. The van der Waals surface area contributed by atoms with Crippen LogP contribution in [0.1, 0.15) is 34.6 Å². The fraction of sp³-hybridized carbons (Fsp3) is 0.273. The molecule has 0 saturated carbocycles. The van der Waals surface area contributed by atoms with Gasteiger partial charge in [-0.2, -0.15) is 0 Å². The molecule has 0 aliphatic carbocycles. The van der Waals surface area contributed by atoms with Gasteiger partial charge in [0.05, 0.1) is 11.7 Å². The molecular weight excluding hydrogens is 212 g/mol. The lowest BCUT2D eigenvalue weighted by molar-refractivity contribution is 0.0693. The van der Waals surface area contributed by atoms with E-state index >= 15 is 0 Å². The lowest BCUT2D eigenvalue weighted by atomic mass is 10.1. The molecule has 0 radical (unpaired) electrons. The van der Waals surface area contributed by atoms with E-state index in [4.69, 9.17) is 9.84 Å². The quantitative estimate of drug-likeness (QED) is 0.760. The predicted molar refractivity (Wildman–Crippen MR) is 56.2 cm³/mol. The van der Waals surface area contributed by atoms with Crippen LogP contribution in [0.5, 0.6) is 11.5 Å². The summed E-state index contributed by atoms with van der Waals surface area (Å²) < 4.78 is 5.27. The molecule has 0 saturated heterocycles. The summed E-state index contributed by atoms with van der Waals surface area (Å²) in [5.41, 5.74) is -0.448. The number of ether oxygens (including phenoxy) is 1. The van der Waals surface area contributed by atoms with Crippen molar-refractivity contribution >= 4 is 12.3 Å². The van der Waals surface area contributed by atoms with Crippen molar-refractivity contribution in [2.45, 2.75) is 20.0 Å². The Morgan fingerprint density at radius 1 is 1.44 bits per heavy atom. The highest BCUT2D eigenvalue weighted by molar-refractivity contribution is 5.95. The van der Waals surface area contributed by atoms with Crippen molar-refractivity contribution in [1.82, 2.24) is 0 Å². The summed E-state index contributed by atoms with van der Waals surface area (Å²) in [7, 11) is 0. The summed E-state index contributed by atoms with van der Waals surface area (Å²) in [6.07, 6.45) is 0.236. The van der Waals surface area contributed by atoms with E-state index in [0.29, 0.717) is 6.29 Å². The van der Waals surface area contributed by atoms with Gasteiger partial charge in [0.1, 0.15) is 17.1 Å². The molecule has 0 heterocycles. The maximum atomic E-state index is 10.8. The van der Waals surface area contributed by atoms with Crippen molar-refractivity contribution < 1.29 is 24.5 Å². The molecule has 0 unspecified atom stereocenters. The fourth-order valence-electron chi connectivity index (χ4n) is 1.22. The Bertz CT molecular complexity index is 423. The maximum absolute atomic E-state index is 10.8. The van der Waals surface area contributed by atoms with Gasteiger partial charge >= 0.3 is 5.97 Å². The zero-order valence-electron chi connectivity index (χ0n) is 8.93. The summed E-state index contributed by atoms with van der Waals surface area (Å²) in [5, 5.41) is 18.3. The van der Waals surface area contributed by atoms with Crippen LogP contribution in [0, 0.1) is 0 Å². The normalized spacial score (nSPS) is 10.2. The Balaban J connectivity index is 3.28. The van der Waals surface area contributed by atoms with Crippen LogP contribution in [0.15, 0.2) is 12.1 Å². The Kier molecular flexibility index (Phi) is 3.50. The minimum atomic E-state index is -1.31. The highest BCUT2D eigenvalue weighted by Crippen LogP contribution is 2.27. The molecule has 0 fully saturated rings. The average Bonchev–Trinajstić information content (AvgIpc) is 2.19. The molecule has 0 aromatic heterocycles. The zero-order valence-corrected chi connectivity index (χ0v) is 8.93. The Labute approximate surface area is 92.3 Å². The second kappa shape index (κ2) is 4.65. The molecule has 5 heteroatoms. The van der Waals surface area contributed by atoms with Crippen molar-refractivity contribution in [2.75, 3.05) is 0 Å². The molecule has 0 bridgehead atoms. The third-order valence-electron chi connectivity index (χ3n) is 1.84. The van der Waals surface area contributed by atoms with Gasteiger partial charge in [0.15, 0.2) is 6.29 Å². The van der Waals surface area contributed by atoms with Gasteiger partial charge in [0.25, 0.3) is 0 Å². The van der Waals surface area contributed by atoms with Gasteiger partial charge in [-0.3, -0.25) is 4.79 Å². The van der Waals surface area contributed by atoms with E-state index in [9.17, 15) is 14.7 Å². The summed E-state index contributed by atoms with van der Waals surface area (Å²) in [6.45, 7) is 3.54. The maximum Gasteiger partial charge on any atom is 0.339 e. The first kappa shape index (κ1) is 12.0. The van der Waals surface area contributed by atoms with Gasteiger partial charge in [-0.05, 0) is 26.0 Å². The van der Waals surface area contributed by atoms with Crippen molar-refractivity contribution in [2.24, 2.45) is 0 Å². The van der Waals surface area contributed by atoms with Crippen LogP contribution in [0.2, 0.25) is 0 Å². The second-order valence-electron chi connectivity index (χ2n) is 3.50. The predicted octanol–water partition coefficient (Wildman–Crippen LogP) is 1.69. The van der Waals surface area contributed by atoms with Crippen LogP contribution < -0.4 is 4.74 Å². The van der Waals surface area contributed by atoms with E-state index in [1.165, 1.54) is 12.1 Å². The molecule has 0 aliphatic rings. The lowest BCUT2D eigenvalue weighted by Gasteiger charge is -2.12. The van der Waals surface area contributed by atoms with Crippen LogP contribution in [-0.4, -0.2) is 28.6 Å². The summed E-state index contributed by atoms with van der Waals surface area (Å²) in [6, 6.07) is 2.49. The smallest absolute Gasteiger partial charge is 0.339 e. The molecule has 0 aliphatic heterocycles. The van der Waals surface area contributed by atoms with Crippen LogP contribution in [0.3, 0.4) is 0 Å². The molecule has 2 N–H and O–H groups in total. The highest BCUT2D eigenvalue weighted by Gasteiger charge is 2.16. The van der Waals surface area contributed by atoms with Gasteiger partial charge in [-0.15, -0.1) is 0 Å². The van der Waals surface area contributed by atoms with E-state index in [-0.39, 0.29) is 23.0 Å². The molecule has 5 nitrogen and oxygen atoms in total. The number of aldehydes is 1. The minimum absolute atomic E-state index is 0.101. The van der Waals surface area contributed by atoms with Crippen LogP contribution in [-0.2, 0) is 0 Å². The van der Waals surface area contributed by atoms with Crippen LogP contribution in [0.4, 0.5) is 0 Å². The number of carboxylic acids is 1. The first-order valence-electron chi connectivity index (χ1n) is 4.67. The van der Waals surface area contributed by atoms with Gasteiger partial charge in [-0.1, -0.05) is 0 Å². The molecule has 0 atom stereocenters.